The van der Waals surface area contributed by atoms with Crippen LogP contribution in [0.5, 0.6) is 0 Å². The molecule has 0 aliphatic carbocycles. The molecule has 1 N–H and O–H groups in total. The standard InChI is InChI=1S/C26H19N5O3/c1-17-13-24(34-30-17)26(33)29-22-7-4-5-18(14-22)25(32)19-8-9-20-16-28-31(23(20)15-19)12-10-21-6-2-3-11-27-21/h2-16H,1H3,(H,29,33). The third-order valence-corrected chi connectivity index (χ3v) is 5.17. The molecule has 1 amide bonds. The van der Waals surface area contributed by atoms with Crippen LogP contribution >= 0.6 is 0 Å². The SMILES string of the molecule is Cc1cc(C(=O)Nc2cccc(C(=O)c3ccc4cnn(C=Cc5ccccn5)c4c3)c2)on1. The van der Waals surface area contributed by atoms with Crippen LogP contribution in [0.4, 0.5) is 5.69 Å². The van der Waals surface area contributed by atoms with Gasteiger partial charge < -0.3 is 9.84 Å². The first kappa shape index (κ1) is 21.0. The van der Waals surface area contributed by atoms with Gasteiger partial charge in [0.05, 0.1) is 23.1 Å². The number of nitrogens with zero attached hydrogens (tertiary/aromatic N) is 4. The number of hydrogen-bond acceptors (Lipinski definition) is 6. The Kier molecular flexibility index (Phi) is 5.53. The number of amides is 1. The zero-order valence-corrected chi connectivity index (χ0v) is 18.2. The van der Waals surface area contributed by atoms with Gasteiger partial charge in [0.2, 0.25) is 5.76 Å². The van der Waals surface area contributed by atoms with Crippen molar-refractivity contribution in [1.29, 1.82) is 0 Å². The average Bonchev–Trinajstić information content (AvgIpc) is 3.49. The molecular weight excluding hydrogens is 430 g/mol. The second kappa shape index (κ2) is 8.95. The van der Waals surface area contributed by atoms with E-state index in [4.69, 9.17) is 4.52 Å². The average molecular weight is 449 g/mol. The summed E-state index contributed by atoms with van der Waals surface area (Å²) in [6.45, 7) is 1.73. The van der Waals surface area contributed by atoms with E-state index < -0.39 is 5.91 Å². The zero-order chi connectivity index (χ0) is 23.5. The Balaban J connectivity index is 1.39. The lowest BCUT2D eigenvalue weighted by atomic mass is 10.0. The van der Waals surface area contributed by atoms with Gasteiger partial charge in [-0.3, -0.25) is 14.6 Å². The summed E-state index contributed by atoms with van der Waals surface area (Å²) in [5.41, 5.74) is 3.64. The first-order valence-corrected chi connectivity index (χ1v) is 10.5. The molecule has 0 radical (unpaired) electrons. The van der Waals surface area contributed by atoms with Gasteiger partial charge in [0, 0.05) is 40.7 Å². The molecule has 8 heteroatoms. The van der Waals surface area contributed by atoms with Crippen molar-refractivity contribution in [2.45, 2.75) is 6.92 Å². The Hall–Kier alpha value is -4.85. The van der Waals surface area contributed by atoms with Gasteiger partial charge in [0.1, 0.15) is 0 Å². The van der Waals surface area contributed by atoms with E-state index in [1.54, 1.807) is 72.7 Å². The van der Waals surface area contributed by atoms with Crippen molar-refractivity contribution < 1.29 is 14.1 Å². The lowest BCUT2D eigenvalue weighted by Crippen LogP contribution is -2.11. The van der Waals surface area contributed by atoms with Crippen LogP contribution in [0.25, 0.3) is 23.2 Å². The number of carbonyl (C=O) groups is 2. The van der Waals surface area contributed by atoms with Gasteiger partial charge in [-0.15, -0.1) is 0 Å². The van der Waals surface area contributed by atoms with Crippen LogP contribution in [0.1, 0.15) is 37.9 Å². The van der Waals surface area contributed by atoms with Gasteiger partial charge in [-0.1, -0.05) is 35.5 Å². The number of rotatable bonds is 6. The minimum absolute atomic E-state index is 0.103. The number of ketones is 1. The highest BCUT2D eigenvalue weighted by molar-refractivity contribution is 6.11. The molecule has 0 saturated carbocycles. The molecule has 2 aromatic carbocycles. The monoisotopic (exact) mass is 449 g/mol. The summed E-state index contributed by atoms with van der Waals surface area (Å²) in [4.78, 5) is 29.8. The highest BCUT2D eigenvalue weighted by Gasteiger charge is 2.15. The zero-order valence-electron chi connectivity index (χ0n) is 18.2. The van der Waals surface area contributed by atoms with Crippen molar-refractivity contribution in [3.63, 3.8) is 0 Å². The molecule has 0 spiro atoms. The minimum Gasteiger partial charge on any atom is -0.351 e. The quantitative estimate of drug-likeness (QED) is 0.372. The second-order valence-corrected chi connectivity index (χ2v) is 7.63. The normalized spacial score (nSPS) is 11.2. The minimum atomic E-state index is -0.435. The lowest BCUT2D eigenvalue weighted by molar-refractivity contribution is 0.0986. The van der Waals surface area contributed by atoms with Crippen LogP contribution in [0.3, 0.4) is 0 Å². The van der Waals surface area contributed by atoms with Gasteiger partial charge in [-0.2, -0.15) is 5.10 Å². The maximum atomic E-state index is 13.2. The van der Waals surface area contributed by atoms with Gasteiger partial charge in [0.25, 0.3) is 5.91 Å². The molecule has 5 aromatic rings. The van der Waals surface area contributed by atoms with Crippen LogP contribution in [-0.4, -0.2) is 31.6 Å². The van der Waals surface area contributed by atoms with Crippen molar-refractivity contribution in [2.75, 3.05) is 5.32 Å². The topological polar surface area (TPSA) is 103 Å². The summed E-state index contributed by atoms with van der Waals surface area (Å²) >= 11 is 0. The Morgan fingerprint density at radius 2 is 1.88 bits per heavy atom. The number of pyridine rings is 1. The molecule has 3 aromatic heterocycles. The molecule has 0 aliphatic rings. The molecule has 0 bridgehead atoms. The number of benzene rings is 2. The predicted octanol–water partition coefficient (Wildman–Crippen LogP) is 4.84. The number of fused-ring (bicyclic) bond motifs is 1. The number of carbonyl (C=O) groups excluding carboxylic acids is 2. The molecule has 166 valence electrons. The maximum Gasteiger partial charge on any atom is 0.294 e. The van der Waals surface area contributed by atoms with E-state index in [-0.39, 0.29) is 11.5 Å². The van der Waals surface area contributed by atoms with Crippen molar-refractivity contribution in [2.24, 2.45) is 0 Å². The summed E-state index contributed by atoms with van der Waals surface area (Å²) in [7, 11) is 0. The van der Waals surface area contributed by atoms with Crippen molar-refractivity contribution >= 4 is 40.6 Å². The van der Waals surface area contributed by atoms with Crippen LogP contribution < -0.4 is 5.32 Å². The number of hydrogen-bond donors (Lipinski definition) is 1. The summed E-state index contributed by atoms with van der Waals surface area (Å²) in [6, 6.07) is 19.4. The van der Waals surface area contributed by atoms with Crippen molar-refractivity contribution in [1.82, 2.24) is 19.9 Å². The van der Waals surface area contributed by atoms with Crippen molar-refractivity contribution in [3.8, 4) is 0 Å². The highest BCUT2D eigenvalue weighted by atomic mass is 16.5. The van der Waals surface area contributed by atoms with E-state index in [0.29, 0.717) is 22.5 Å². The first-order valence-electron chi connectivity index (χ1n) is 10.5. The Bertz CT molecular complexity index is 1530. The summed E-state index contributed by atoms with van der Waals surface area (Å²) in [5, 5.41) is 11.7. The predicted molar refractivity (Wildman–Crippen MR) is 128 cm³/mol. The highest BCUT2D eigenvalue weighted by Crippen LogP contribution is 2.21. The molecule has 0 atom stereocenters. The molecule has 34 heavy (non-hydrogen) atoms. The van der Waals surface area contributed by atoms with Gasteiger partial charge in [-0.05, 0) is 43.3 Å². The van der Waals surface area contributed by atoms with Crippen LogP contribution in [0.2, 0.25) is 0 Å². The summed E-state index contributed by atoms with van der Waals surface area (Å²) < 4.78 is 6.70. The van der Waals surface area contributed by atoms with E-state index in [2.05, 4.69) is 20.6 Å². The van der Waals surface area contributed by atoms with Crippen LogP contribution in [-0.2, 0) is 0 Å². The molecule has 0 unspecified atom stereocenters. The van der Waals surface area contributed by atoms with Gasteiger partial charge in [0.15, 0.2) is 5.78 Å². The Morgan fingerprint density at radius 1 is 1.00 bits per heavy atom. The number of aryl methyl sites for hydroxylation is 1. The van der Waals surface area contributed by atoms with Crippen LogP contribution in [0, 0.1) is 6.92 Å². The van der Waals surface area contributed by atoms with E-state index in [1.807, 2.05) is 30.3 Å². The molecule has 0 fully saturated rings. The van der Waals surface area contributed by atoms with Crippen LogP contribution in [0.15, 0.2) is 83.6 Å². The second-order valence-electron chi connectivity index (χ2n) is 7.63. The molecule has 3 heterocycles. The van der Waals surface area contributed by atoms with E-state index in [0.717, 1.165) is 16.6 Å². The summed E-state index contributed by atoms with van der Waals surface area (Å²) in [6.07, 6.45) is 7.12. The largest absolute Gasteiger partial charge is 0.351 e. The molecular formula is C26H19N5O3. The van der Waals surface area contributed by atoms with E-state index in [9.17, 15) is 9.59 Å². The fourth-order valence-corrected chi connectivity index (χ4v) is 3.49. The number of aromatic nitrogens is 4. The molecule has 0 aliphatic heterocycles. The van der Waals surface area contributed by atoms with E-state index >= 15 is 0 Å². The molecule has 0 saturated heterocycles. The molecule has 5 rings (SSSR count). The summed E-state index contributed by atoms with van der Waals surface area (Å²) in [5.74, 6) is -0.503. The van der Waals surface area contributed by atoms with Crippen molar-refractivity contribution in [3.05, 3.63) is 107 Å². The molecule has 8 nitrogen and oxygen atoms in total. The fourth-order valence-electron chi connectivity index (χ4n) is 3.49. The maximum absolute atomic E-state index is 13.2. The third-order valence-electron chi connectivity index (χ3n) is 5.17. The number of anilines is 1. The Morgan fingerprint density at radius 3 is 2.68 bits per heavy atom. The van der Waals surface area contributed by atoms with Gasteiger partial charge >= 0.3 is 0 Å². The third kappa shape index (κ3) is 4.37. The first-order chi connectivity index (χ1) is 16.6. The Labute approximate surface area is 194 Å². The smallest absolute Gasteiger partial charge is 0.294 e. The van der Waals surface area contributed by atoms with E-state index in [1.165, 1.54) is 0 Å². The van der Waals surface area contributed by atoms with Gasteiger partial charge in [-0.25, -0.2) is 4.68 Å². The fraction of sp³-hybridized carbons (Fsp3) is 0.0385. The lowest BCUT2D eigenvalue weighted by Gasteiger charge is -2.06. The number of nitrogens with one attached hydrogen (secondary N) is 1.